The van der Waals surface area contributed by atoms with E-state index in [1.165, 1.54) is 0 Å². The molecule has 436 valence electrons. The highest BCUT2D eigenvalue weighted by Gasteiger charge is 2.58. The Kier molecular flexibility index (Phi) is 14.8. The molecule has 6 fully saturated rings. The fourth-order valence-corrected chi connectivity index (χ4v) is 16.3. The number of anilines is 2. The summed E-state index contributed by atoms with van der Waals surface area (Å²) in [6.45, 7) is 20.3. The Balaban J connectivity index is 0.000000175. The molecule has 4 bridgehead atoms. The molecule has 84 heavy (non-hydrogen) atoms. The van der Waals surface area contributed by atoms with Crippen molar-refractivity contribution in [1.29, 1.82) is 10.5 Å². The van der Waals surface area contributed by atoms with Gasteiger partial charge in [-0.3, -0.25) is 19.8 Å². The molecule has 6 saturated carbocycles. The zero-order valence-electron chi connectivity index (χ0n) is 49.4. The number of aromatic nitrogens is 10. The number of pyridine rings is 2. The number of fused-ring (bicyclic) bond motifs is 8. The first-order valence-corrected chi connectivity index (χ1v) is 30.6. The van der Waals surface area contributed by atoms with E-state index in [-0.39, 0.29) is 34.0 Å². The average Bonchev–Trinajstić information content (AvgIpc) is 1.44. The number of carboxylic acid groups (broad SMARTS) is 2. The van der Waals surface area contributed by atoms with Gasteiger partial charge < -0.3 is 20.8 Å². The molecule has 8 aromatic rings. The van der Waals surface area contributed by atoms with Gasteiger partial charge in [0.1, 0.15) is 22.2 Å². The first-order valence-electron chi connectivity index (χ1n) is 28.9. The van der Waals surface area contributed by atoms with Crippen molar-refractivity contribution in [2.45, 2.75) is 191 Å². The molecule has 6 aliphatic carbocycles. The lowest BCUT2D eigenvalue weighted by molar-refractivity contribution is -0.0546. The maximum absolute atomic E-state index is 12.3. The number of nitrogens with one attached hydrogen (secondary N) is 2. The van der Waals surface area contributed by atoms with Gasteiger partial charge in [-0.25, -0.2) is 18.6 Å². The van der Waals surface area contributed by atoms with Crippen LogP contribution in [0.3, 0.4) is 0 Å². The quantitative estimate of drug-likeness (QED) is 0.0886. The van der Waals surface area contributed by atoms with Gasteiger partial charge in [0, 0.05) is 68.8 Å². The van der Waals surface area contributed by atoms with Crippen LogP contribution in [0.1, 0.15) is 167 Å². The Morgan fingerprint density at radius 2 is 0.917 bits per heavy atom. The zero-order chi connectivity index (χ0) is 59.7. The van der Waals surface area contributed by atoms with Crippen LogP contribution in [0, 0.1) is 22.7 Å². The average molecular weight is 1170 g/mol. The van der Waals surface area contributed by atoms with Gasteiger partial charge in [0.25, 0.3) is 0 Å². The molecule has 0 saturated heterocycles. The number of amides is 2. The molecule has 0 atom stereocenters. The molecule has 0 radical (unpaired) electrons. The van der Waals surface area contributed by atoms with E-state index in [1.54, 1.807) is 53.9 Å². The summed E-state index contributed by atoms with van der Waals surface area (Å²) in [5.74, 6) is 0. The topological polar surface area (TPSA) is 265 Å². The van der Waals surface area contributed by atoms with Crippen molar-refractivity contribution in [3.63, 3.8) is 0 Å². The monoisotopic (exact) mass is 1170 g/mol. The molecular formula is C62H72N16O4S2. The van der Waals surface area contributed by atoms with Gasteiger partial charge in [0.15, 0.2) is 10.0 Å². The molecule has 22 heteroatoms. The number of nitrogens with zero attached hydrogens (tertiary/aromatic N) is 14. The lowest BCUT2D eigenvalue weighted by atomic mass is 9.56. The molecule has 14 rings (SSSR count). The van der Waals surface area contributed by atoms with Crippen molar-refractivity contribution in [3.8, 4) is 56.1 Å². The summed E-state index contributed by atoms with van der Waals surface area (Å²) in [5, 5.41) is 77.2. The molecule has 2 amide bonds. The van der Waals surface area contributed by atoms with Crippen molar-refractivity contribution in [2.24, 2.45) is 0 Å². The molecule has 6 aliphatic rings. The first kappa shape index (κ1) is 57.7. The van der Waals surface area contributed by atoms with E-state index in [9.17, 15) is 30.3 Å². The summed E-state index contributed by atoms with van der Waals surface area (Å²) in [5.41, 5.74) is 7.93. The van der Waals surface area contributed by atoms with Crippen LogP contribution >= 0.6 is 22.7 Å². The third-order valence-electron chi connectivity index (χ3n) is 17.8. The molecule has 0 unspecified atom stereocenters. The fourth-order valence-electron chi connectivity index (χ4n) is 14.0. The van der Waals surface area contributed by atoms with Crippen LogP contribution < -0.4 is 10.6 Å². The molecule has 20 nitrogen and oxygen atoms in total. The third-order valence-corrected chi connectivity index (χ3v) is 20.2. The Morgan fingerprint density at radius 1 is 0.560 bits per heavy atom. The number of nitriles is 2. The van der Waals surface area contributed by atoms with Gasteiger partial charge >= 0.3 is 12.2 Å². The van der Waals surface area contributed by atoms with Crippen LogP contribution in [0.2, 0.25) is 0 Å². The second-order valence-corrected chi connectivity index (χ2v) is 28.0. The van der Waals surface area contributed by atoms with E-state index in [1.807, 2.05) is 102 Å². The van der Waals surface area contributed by atoms with Crippen molar-refractivity contribution >= 4 is 57.3 Å². The van der Waals surface area contributed by atoms with Crippen LogP contribution in [0.4, 0.5) is 21.0 Å². The van der Waals surface area contributed by atoms with Gasteiger partial charge in [-0.15, -0.1) is 20.4 Å². The van der Waals surface area contributed by atoms with Crippen LogP contribution in [0.25, 0.3) is 55.0 Å². The highest BCUT2D eigenvalue weighted by molar-refractivity contribution is 7.15. The smallest absolute Gasteiger partial charge is 0.408 e. The first-order chi connectivity index (χ1) is 39.9. The van der Waals surface area contributed by atoms with E-state index >= 15 is 0 Å². The lowest BCUT2D eigenvalue weighted by Gasteiger charge is -2.59. The lowest BCUT2D eigenvalue weighted by Crippen LogP contribution is -2.64. The number of hydrogen-bond donors (Lipinski definition) is 4. The minimum atomic E-state index is -0.827. The SMILES string of the molecule is CC(C)Nc1cc(-c2ccc3cc(C#N)cnn23)ncc1-c1nnc(C23CCC(N(C(=O)O)C(C)(C)C)(CC2)CC3)s1.CC(C)Nc1cc(-c2ccc3cc(C#N)cnn23)ncc1-c1nnc(C23CCC(N(C(=O)O)C(C)(C)C)(CC2)CC3)s1. The molecule has 4 N–H and O–H groups in total. The van der Waals surface area contributed by atoms with E-state index in [4.69, 9.17) is 20.2 Å². The number of hydrogen-bond acceptors (Lipinski definition) is 16. The Morgan fingerprint density at radius 3 is 1.23 bits per heavy atom. The predicted octanol–water partition coefficient (Wildman–Crippen LogP) is 13.5. The van der Waals surface area contributed by atoms with Crippen LogP contribution in [-0.2, 0) is 10.8 Å². The van der Waals surface area contributed by atoms with Gasteiger partial charge in [-0.1, -0.05) is 22.7 Å². The standard InChI is InChI=1S/2C31H36N8O2S/c2*1-19(2)35-23-15-24(25-7-6-21-14-20(16-32)17-34-38(21)25)33-18-22(23)26-36-37-27(42-26)30-8-11-31(12-9-30,13-10-30)39(28(40)41)29(3,4)5/h2*6-7,14-15,17-19H,8-13H2,1-5H3,(H,33,35)(H,40,41). The summed E-state index contributed by atoms with van der Waals surface area (Å²) < 4.78 is 3.59. The second-order valence-electron chi connectivity index (χ2n) is 26.1. The highest BCUT2D eigenvalue weighted by atomic mass is 32.1. The minimum absolute atomic E-state index is 0.0580. The van der Waals surface area contributed by atoms with E-state index < -0.39 is 23.3 Å². The maximum atomic E-state index is 12.3. The zero-order valence-corrected chi connectivity index (χ0v) is 51.0. The Bertz CT molecular complexity index is 3620. The van der Waals surface area contributed by atoms with Crippen molar-refractivity contribution in [2.75, 3.05) is 10.6 Å². The summed E-state index contributed by atoms with van der Waals surface area (Å²) in [6.07, 6.45) is 15.7. The normalized spacial score (nSPS) is 21.9. The molecule has 0 spiro atoms. The Labute approximate surface area is 497 Å². The summed E-state index contributed by atoms with van der Waals surface area (Å²) in [6, 6.07) is 20.1. The van der Waals surface area contributed by atoms with Gasteiger partial charge in [0.05, 0.1) is 68.5 Å². The van der Waals surface area contributed by atoms with Gasteiger partial charge in [-0.05, 0) is 195 Å². The molecule has 0 aliphatic heterocycles. The molecular weight excluding hydrogens is 1100 g/mol. The van der Waals surface area contributed by atoms with Gasteiger partial charge in [-0.2, -0.15) is 20.7 Å². The largest absolute Gasteiger partial charge is 0.465 e. The molecule has 0 aromatic carbocycles. The van der Waals surface area contributed by atoms with Crippen molar-refractivity contribution in [1.82, 2.24) is 59.4 Å². The summed E-state index contributed by atoms with van der Waals surface area (Å²) >= 11 is 3.26. The Hall–Kier alpha value is -8.08. The maximum Gasteiger partial charge on any atom is 0.408 e. The predicted molar refractivity (Wildman–Crippen MR) is 325 cm³/mol. The van der Waals surface area contributed by atoms with Crippen LogP contribution in [0.15, 0.2) is 73.3 Å². The minimum Gasteiger partial charge on any atom is -0.465 e. The molecule has 8 aromatic heterocycles. The van der Waals surface area contributed by atoms with Crippen LogP contribution in [0.5, 0.6) is 0 Å². The highest BCUT2D eigenvalue weighted by Crippen LogP contribution is 2.59. The fraction of sp³-hybridized carbons (Fsp3) is 0.484. The number of carbonyl (C=O) groups is 2. The summed E-state index contributed by atoms with van der Waals surface area (Å²) in [7, 11) is 0. The summed E-state index contributed by atoms with van der Waals surface area (Å²) in [4.78, 5) is 37.7. The van der Waals surface area contributed by atoms with E-state index in [2.05, 4.69) is 70.9 Å². The van der Waals surface area contributed by atoms with Crippen LogP contribution in [-0.4, -0.2) is 116 Å². The van der Waals surface area contributed by atoms with E-state index in [0.29, 0.717) is 11.1 Å². The third kappa shape index (κ3) is 10.5. The second kappa shape index (κ2) is 21.5. The van der Waals surface area contributed by atoms with Gasteiger partial charge in [0.2, 0.25) is 0 Å². The van der Waals surface area contributed by atoms with Crippen molar-refractivity contribution < 1.29 is 19.8 Å². The molecule has 8 heterocycles. The number of rotatable bonds is 12. The van der Waals surface area contributed by atoms with E-state index in [0.717, 1.165) is 153 Å². The van der Waals surface area contributed by atoms with Crippen molar-refractivity contribution in [3.05, 3.63) is 94.5 Å².